The van der Waals surface area contributed by atoms with E-state index in [4.69, 9.17) is 0 Å². The molecule has 0 aliphatic carbocycles. The van der Waals surface area contributed by atoms with Gasteiger partial charge < -0.3 is 4.90 Å². The summed E-state index contributed by atoms with van der Waals surface area (Å²) in [6, 6.07) is 28.9. The van der Waals surface area contributed by atoms with Crippen LogP contribution in [0.1, 0.15) is 52.1 Å². The highest BCUT2D eigenvalue weighted by atomic mass is 19.1. The highest BCUT2D eigenvalue weighted by molar-refractivity contribution is 6.15. The van der Waals surface area contributed by atoms with E-state index in [1.807, 2.05) is 30.3 Å². The van der Waals surface area contributed by atoms with Crippen molar-refractivity contribution < 1.29 is 18.4 Å². The van der Waals surface area contributed by atoms with Crippen LogP contribution in [0.4, 0.5) is 8.78 Å². The fourth-order valence-corrected chi connectivity index (χ4v) is 5.85. The third kappa shape index (κ3) is 6.55. The summed E-state index contributed by atoms with van der Waals surface area (Å²) in [7, 11) is 0. The van der Waals surface area contributed by atoms with E-state index in [0.717, 1.165) is 35.4 Å². The molecule has 7 heteroatoms. The van der Waals surface area contributed by atoms with Crippen molar-refractivity contribution in [1.29, 1.82) is 5.26 Å². The maximum atomic E-state index is 14.5. The molecule has 1 saturated heterocycles. The molecule has 0 spiro atoms. The second-order valence-electron chi connectivity index (χ2n) is 11.3. The van der Waals surface area contributed by atoms with Gasteiger partial charge in [-0.15, -0.1) is 0 Å². The first-order valence-electron chi connectivity index (χ1n) is 14.4. The summed E-state index contributed by atoms with van der Waals surface area (Å²) < 4.78 is 28.0. The predicted molar refractivity (Wildman–Crippen MR) is 162 cm³/mol. The van der Waals surface area contributed by atoms with Crippen LogP contribution in [0.3, 0.4) is 0 Å². The number of hydrogen-bond donors (Lipinski definition) is 0. The number of halogens is 2. The number of hydrogen-bond acceptors (Lipinski definition) is 4. The van der Waals surface area contributed by atoms with E-state index in [2.05, 4.69) is 49.1 Å². The molecular formula is C36H33F2N3O2. The van der Waals surface area contributed by atoms with E-state index < -0.39 is 29.4 Å². The fraction of sp³-hybridized carbons (Fsp3) is 0.250. The molecule has 1 amide bonds. The number of benzene rings is 4. The molecule has 4 aromatic carbocycles. The zero-order valence-electron chi connectivity index (χ0n) is 24.2. The average Bonchev–Trinajstić information content (AvgIpc) is 3.45. The van der Waals surface area contributed by atoms with Crippen LogP contribution >= 0.6 is 0 Å². The number of nitriles is 1. The normalized spacial score (nSPS) is 16.4. The summed E-state index contributed by atoms with van der Waals surface area (Å²) >= 11 is 0. The Balaban J connectivity index is 1.43. The van der Waals surface area contributed by atoms with Crippen molar-refractivity contribution in [3.05, 3.63) is 131 Å². The standard InChI is InChI=1S/C36H33F2N3O2/c1-24(2)21-40(22-26-12-6-7-13-30(26)25-10-4-3-5-11-25)29-19-28(20-39)41(23-29)36(43)32-15-9-8-14-31(32)35(42)33-17-16-27(37)18-34(33)38/h3-18,24,28-29H,19,21-23H2,1-2H3/t28-,29+/m0/s1. The third-order valence-corrected chi connectivity index (χ3v) is 7.86. The molecule has 1 fully saturated rings. The lowest BCUT2D eigenvalue weighted by molar-refractivity contribution is 0.0743. The van der Waals surface area contributed by atoms with E-state index in [1.54, 1.807) is 12.1 Å². The van der Waals surface area contributed by atoms with E-state index in [1.165, 1.54) is 17.0 Å². The Morgan fingerprint density at radius 2 is 1.58 bits per heavy atom. The van der Waals surface area contributed by atoms with Gasteiger partial charge >= 0.3 is 0 Å². The molecule has 5 nitrogen and oxygen atoms in total. The zero-order chi connectivity index (χ0) is 30.5. The van der Waals surface area contributed by atoms with Crippen molar-refractivity contribution in [2.75, 3.05) is 13.1 Å². The molecule has 2 atom stereocenters. The molecule has 0 bridgehead atoms. The van der Waals surface area contributed by atoms with Gasteiger partial charge in [0.2, 0.25) is 0 Å². The van der Waals surface area contributed by atoms with Crippen molar-refractivity contribution in [2.24, 2.45) is 5.92 Å². The first kappa shape index (κ1) is 29.8. The molecule has 43 heavy (non-hydrogen) atoms. The highest BCUT2D eigenvalue weighted by Gasteiger charge is 2.39. The largest absolute Gasteiger partial charge is 0.321 e. The molecular weight excluding hydrogens is 544 g/mol. The monoisotopic (exact) mass is 577 g/mol. The minimum absolute atomic E-state index is 0.00831. The van der Waals surface area contributed by atoms with Gasteiger partial charge in [0, 0.05) is 37.3 Å². The summed E-state index contributed by atoms with van der Waals surface area (Å²) in [6.45, 7) is 6.02. The lowest BCUT2D eigenvalue weighted by Crippen LogP contribution is -2.41. The lowest BCUT2D eigenvalue weighted by Gasteiger charge is -2.31. The molecule has 0 saturated carbocycles. The molecule has 0 N–H and O–H groups in total. The average molecular weight is 578 g/mol. The second kappa shape index (κ2) is 13.1. The number of carbonyl (C=O) groups excluding carboxylic acids is 2. The van der Waals surface area contributed by atoms with Gasteiger partial charge in [-0.3, -0.25) is 14.5 Å². The van der Waals surface area contributed by atoms with Gasteiger partial charge in [0.05, 0.1) is 17.2 Å². The summed E-state index contributed by atoms with van der Waals surface area (Å²) in [6.07, 6.45) is 0.463. The summed E-state index contributed by atoms with van der Waals surface area (Å²) in [4.78, 5) is 31.1. The van der Waals surface area contributed by atoms with Crippen LogP contribution in [0.25, 0.3) is 11.1 Å². The third-order valence-electron chi connectivity index (χ3n) is 7.86. The van der Waals surface area contributed by atoms with Gasteiger partial charge in [-0.25, -0.2) is 8.78 Å². The van der Waals surface area contributed by atoms with Crippen molar-refractivity contribution in [2.45, 2.75) is 38.9 Å². The zero-order valence-corrected chi connectivity index (χ0v) is 24.2. The molecule has 0 radical (unpaired) electrons. The minimum Gasteiger partial charge on any atom is -0.321 e. The summed E-state index contributed by atoms with van der Waals surface area (Å²) in [5, 5.41) is 10.1. The number of rotatable bonds is 9. The summed E-state index contributed by atoms with van der Waals surface area (Å²) in [5.41, 5.74) is 3.19. The number of carbonyl (C=O) groups is 2. The maximum Gasteiger partial charge on any atom is 0.255 e. The van der Waals surface area contributed by atoms with Crippen LogP contribution in [0, 0.1) is 28.9 Å². The van der Waals surface area contributed by atoms with Crippen LogP contribution in [0.2, 0.25) is 0 Å². The smallest absolute Gasteiger partial charge is 0.255 e. The Bertz CT molecular complexity index is 1660. The Kier molecular flexibility index (Phi) is 9.08. The summed E-state index contributed by atoms with van der Waals surface area (Å²) in [5.74, 6) is -2.63. The van der Waals surface area contributed by atoms with E-state index in [9.17, 15) is 23.6 Å². The molecule has 4 aromatic rings. The van der Waals surface area contributed by atoms with Crippen molar-refractivity contribution in [1.82, 2.24) is 9.80 Å². The Hall–Kier alpha value is -4.67. The Morgan fingerprint density at radius 3 is 2.28 bits per heavy atom. The van der Waals surface area contributed by atoms with Gasteiger partial charge in [0.25, 0.3) is 5.91 Å². The number of ketones is 1. The van der Waals surface area contributed by atoms with Crippen LogP contribution in [0.15, 0.2) is 97.1 Å². The fourth-order valence-electron chi connectivity index (χ4n) is 5.85. The molecule has 0 aromatic heterocycles. The molecule has 1 aliphatic rings. The molecule has 218 valence electrons. The van der Waals surface area contributed by atoms with E-state index >= 15 is 0 Å². The van der Waals surface area contributed by atoms with Gasteiger partial charge in [0.15, 0.2) is 5.78 Å². The van der Waals surface area contributed by atoms with Crippen LogP contribution in [-0.2, 0) is 6.54 Å². The van der Waals surface area contributed by atoms with Crippen molar-refractivity contribution >= 4 is 11.7 Å². The van der Waals surface area contributed by atoms with Gasteiger partial charge in [-0.2, -0.15) is 5.26 Å². The van der Waals surface area contributed by atoms with E-state index in [-0.39, 0.29) is 22.7 Å². The van der Waals surface area contributed by atoms with E-state index in [0.29, 0.717) is 31.5 Å². The van der Waals surface area contributed by atoms with Crippen molar-refractivity contribution in [3.63, 3.8) is 0 Å². The van der Waals surface area contributed by atoms with Crippen molar-refractivity contribution in [3.8, 4) is 17.2 Å². The number of likely N-dealkylation sites (tertiary alicyclic amines) is 1. The maximum absolute atomic E-state index is 14.5. The first-order valence-corrected chi connectivity index (χ1v) is 14.4. The molecule has 5 rings (SSSR count). The molecule has 1 aliphatic heterocycles. The quantitative estimate of drug-likeness (QED) is 0.199. The topological polar surface area (TPSA) is 64.4 Å². The highest BCUT2D eigenvalue weighted by Crippen LogP contribution is 2.30. The Labute approximate surface area is 251 Å². The van der Waals surface area contributed by atoms with Gasteiger partial charge in [0.1, 0.15) is 17.7 Å². The van der Waals surface area contributed by atoms with Gasteiger partial charge in [-0.1, -0.05) is 86.6 Å². The second-order valence-corrected chi connectivity index (χ2v) is 11.3. The number of nitrogens with zero attached hydrogens (tertiary/aromatic N) is 3. The van der Waals surface area contributed by atoms with Crippen LogP contribution in [-0.4, -0.2) is 46.7 Å². The Morgan fingerprint density at radius 1 is 0.907 bits per heavy atom. The van der Waals surface area contributed by atoms with Gasteiger partial charge in [-0.05, 0) is 47.2 Å². The molecule has 0 unspecified atom stereocenters. The predicted octanol–water partition coefficient (Wildman–Crippen LogP) is 7.13. The van der Waals surface area contributed by atoms with Crippen LogP contribution < -0.4 is 0 Å². The number of amides is 1. The minimum atomic E-state index is -0.997. The SMILES string of the molecule is CC(C)CN(Cc1ccccc1-c1ccccc1)[C@@H]1C[C@@H](C#N)N(C(=O)c2ccccc2C(=O)c2ccc(F)cc2F)C1. The van der Waals surface area contributed by atoms with Crippen LogP contribution in [0.5, 0.6) is 0 Å². The first-order chi connectivity index (χ1) is 20.8. The molecule has 1 heterocycles. The lowest BCUT2D eigenvalue weighted by atomic mass is 9.97.